The Balaban J connectivity index is 2.27. The Labute approximate surface area is 130 Å². The molecule has 2 nitrogen and oxygen atoms in total. The Morgan fingerprint density at radius 2 is 2.00 bits per heavy atom. The van der Waals surface area contributed by atoms with Crippen molar-refractivity contribution in [3.63, 3.8) is 0 Å². The summed E-state index contributed by atoms with van der Waals surface area (Å²) in [6.07, 6.45) is 2.51. The molecule has 1 aromatic rings. The third kappa shape index (κ3) is 5.94. The van der Waals surface area contributed by atoms with Gasteiger partial charge in [0.15, 0.2) is 0 Å². The predicted molar refractivity (Wildman–Crippen MR) is 90.1 cm³/mol. The van der Waals surface area contributed by atoms with Crippen LogP contribution < -0.4 is 5.32 Å². The van der Waals surface area contributed by atoms with E-state index >= 15 is 0 Å². The molecule has 0 aliphatic heterocycles. The van der Waals surface area contributed by atoms with Crippen molar-refractivity contribution >= 4 is 27.3 Å². The van der Waals surface area contributed by atoms with Crippen molar-refractivity contribution in [3.05, 3.63) is 20.8 Å². The SMILES string of the molecule is CCN(CC)CCCC(C)NC(C)c1sccc1Br. The first kappa shape index (κ1) is 17.2. The van der Waals surface area contributed by atoms with Crippen LogP contribution in [0.2, 0.25) is 0 Å². The van der Waals surface area contributed by atoms with Crippen LogP contribution in [0.1, 0.15) is 51.5 Å². The normalized spacial score (nSPS) is 14.8. The third-order valence-electron chi connectivity index (χ3n) is 3.58. The molecule has 0 saturated heterocycles. The number of nitrogens with zero attached hydrogens (tertiary/aromatic N) is 1. The van der Waals surface area contributed by atoms with Gasteiger partial charge in [0.2, 0.25) is 0 Å². The lowest BCUT2D eigenvalue weighted by molar-refractivity contribution is 0.288. The first-order valence-corrected chi connectivity index (χ1v) is 8.97. The van der Waals surface area contributed by atoms with Crippen molar-refractivity contribution in [2.45, 2.75) is 52.6 Å². The van der Waals surface area contributed by atoms with Crippen molar-refractivity contribution in [2.24, 2.45) is 0 Å². The number of halogens is 1. The Kier molecular flexibility index (Phi) is 8.23. The summed E-state index contributed by atoms with van der Waals surface area (Å²) >= 11 is 5.43. The second-order valence-corrected chi connectivity index (χ2v) is 6.89. The molecule has 0 fully saturated rings. The number of hydrogen-bond donors (Lipinski definition) is 1. The highest BCUT2D eigenvalue weighted by molar-refractivity contribution is 9.10. The monoisotopic (exact) mass is 346 g/mol. The van der Waals surface area contributed by atoms with E-state index in [1.54, 1.807) is 0 Å². The molecule has 1 N–H and O–H groups in total. The highest BCUT2D eigenvalue weighted by Crippen LogP contribution is 2.29. The summed E-state index contributed by atoms with van der Waals surface area (Å²) in [5, 5.41) is 5.84. The Morgan fingerprint density at radius 1 is 1.32 bits per heavy atom. The maximum Gasteiger partial charge on any atom is 0.0399 e. The van der Waals surface area contributed by atoms with Crippen molar-refractivity contribution in [1.29, 1.82) is 0 Å². The van der Waals surface area contributed by atoms with E-state index in [4.69, 9.17) is 0 Å². The lowest BCUT2D eigenvalue weighted by Gasteiger charge is -2.22. The number of nitrogens with one attached hydrogen (secondary N) is 1. The minimum Gasteiger partial charge on any atom is -0.307 e. The minimum atomic E-state index is 0.429. The molecular formula is C15H27BrN2S. The van der Waals surface area contributed by atoms with Gasteiger partial charge < -0.3 is 10.2 Å². The van der Waals surface area contributed by atoms with Crippen molar-refractivity contribution in [1.82, 2.24) is 10.2 Å². The fraction of sp³-hybridized carbons (Fsp3) is 0.733. The third-order valence-corrected chi connectivity index (χ3v) is 5.63. The Hall–Kier alpha value is 0.100. The van der Waals surface area contributed by atoms with E-state index in [-0.39, 0.29) is 0 Å². The van der Waals surface area contributed by atoms with Crippen LogP contribution in [0, 0.1) is 0 Å². The lowest BCUT2D eigenvalue weighted by atomic mass is 10.1. The summed E-state index contributed by atoms with van der Waals surface area (Å²) in [5.41, 5.74) is 0. The van der Waals surface area contributed by atoms with E-state index < -0.39 is 0 Å². The molecule has 0 bridgehead atoms. The summed E-state index contributed by atoms with van der Waals surface area (Å²) in [5.74, 6) is 0. The Bertz CT molecular complexity index is 350. The van der Waals surface area contributed by atoms with Gasteiger partial charge in [-0.15, -0.1) is 11.3 Å². The van der Waals surface area contributed by atoms with Crippen LogP contribution in [-0.4, -0.2) is 30.6 Å². The molecule has 0 aromatic carbocycles. The maximum atomic E-state index is 3.69. The van der Waals surface area contributed by atoms with Gasteiger partial charge in [-0.05, 0) is 73.7 Å². The van der Waals surface area contributed by atoms with E-state index in [0.717, 1.165) is 13.1 Å². The smallest absolute Gasteiger partial charge is 0.0399 e. The molecule has 1 rings (SSSR count). The highest BCUT2D eigenvalue weighted by atomic mass is 79.9. The van der Waals surface area contributed by atoms with Gasteiger partial charge in [0.25, 0.3) is 0 Å². The standard InChI is InChI=1S/C15H27BrN2S/c1-5-18(6-2)10-7-8-12(3)17-13(4)15-14(16)9-11-19-15/h9,11-13,17H,5-8,10H2,1-4H3. The Morgan fingerprint density at radius 3 is 2.53 bits per heavy atom. The van der Waals surface area contributed by atoms with Crippen LogP contribution in [0.25, 0.3) is 0 Å². The van der Waals surface area contributed by atoms with E-state index in [1.165, 1.54) is 28.7 Å². The topological polar surface area (TPSA) is 15.3 Å². The average molecular weight is 347 g/mol. The summed E-state index contributed by atoms with van der Waals surface area (Å²) in [6, 6.07) is 3.13. The molecule has 4 heteroatoms. The minimum absolute atomic E-state index is 0.429. The van der Waals surface area contributed by atoms with E-state index in [2.05, 4.69) is 65.3 Å². The first-order chi connectivity index (χ1) is 9.08. The van der Waals surface area contributed by atoms with Gasteiger partial charge >= 0.3 is 0 Å². The van der Waals surface area contributed by atoms with Gasteiger partial charge in [-0.25, -0.2) is 0 Å². The molecule has 0 radical (unpaired) electrons. The molecule has 2 unspecified atom stereocenters. The molecule has 0 aliphatic rings. The van der Waals surface area contributed by atoms with Gasteiger partial charge in [0.05, 0.1) is 0 Å². The molecule has 110 valence electrons. The van der Waals surface area contributed by atoms with Gasteiger partial charge in [0, 0.05) is 21.4 Å². The van der Waals surface area contributed by atoms with Crippen molar-refractivity contribution in [2.75, 3.05) is 19.6 Å². The molecule has 0 amide bonds. The predicted octanol–water partition coefficient (Wildman–Crippen LogP) is 4.67. The zero-order chi connectivity index (χ0) is 14.3. The highest BCUT2D eigenvalue weighted by Gasteiger charge is 2.13. The van der Waals surface area contributed by atoms with E-state index in [1.807, 2.05) is 11.3 Å². The fourth-order valence-corrected chi connectivity index (χ4v) is 4.10. The number of hydrogen-bond acceptors (Lipinski definition) is 3. The zero-order valence-corrected chi connectivity index (χ0v) is 15.0. The summed E-state index contributed by atoms with van der Waals surface area (Å²) in [6.45, 7) is 12.6. The average Bonchev–Trinajstić information content (AvgIpc) is 2.81. The lowest BCUT2D eigenvalue weighted by Crippen LogP contribution is -2.30. The second-order valence-electron chi connectivity index (χ2n) is 5.09. The fourth-order valence-electron chi connectivity index (χ4n) is 2.36. The van der Waals surface area contributed by atoms with Crippen LogP contribution >= 0.6 is 27.3 Å². The van der Waals surface area contributed by atoms with Gasteiger partial charge in [-0.1, -0.05) is 13.8 Å². The molecule has 0 saturated carbocycles. The van der Waals surface area contributed by atoms with E-state index in [9.17, 15) is 0 Å². The van der Waals surface area contributed by atoms with Gasteiger partial charge in [-0.2, -0.15) is 0 Å². The van der Waals surface area contributed by atoms with Gasteiger partial charge in [-0.3, -0.25) is 0 Å². The number of thiophene rings is 1. The molecule has 19 heavy (non-hydrogen) atoms. The summed E-state index contributed by atoms with van der Waals surface area (Å²) in [7, 11) is 0. The van der Waals surface area contributed by atoms with Gasteiger partial charge in [0.1, 0.15) is 0 Å². The molecular weight excluding hydrogens is 320 g/mol. The van der Waals surface area contributed by atoms with Crippen molar-refractivity contribution < 1.29 is 0 Å². The second kappa shape index (κ2) is 9.11. The quantitative estimate of drug-likeness (QED) is 0.698. The van der Waals surface area contributed by atoms with Crippen LogP contribution in [0.4, 0.5) is 0 Å². The van der Waals surface area contributed by atoms with Crippen molar-refractivity contribution in [3.8, 4) is 0 Å². The molecule has 0 spiro atoms. The first-order valence-electron chi connectivity index (χ1n) is 7.29. The van der Waals surface area contributed by atoms with Crippen LogP contribution in [0.3, 0.4) is 0 Å². The molecule has 0 aliphatic carbocycles. The maximum absolute atomic E-state index is 3.69. The largest absolute Gasteiger partial charge is 0.307 e. The summed E-state index contributed by atoms with van der Waals surface area (Å²) in [4.78, 5) is 3.89. The molecule has 1 heterocycles. The molecule has 1 aromatic heterocycles. The van der Waals surface area contributed by atoms with Crippen LogP contribution in [0.15, 0.2) is 15.9 Å². The zero-order valence-electron chi connectivity index (χ0n) is 12.6. The summed E-state index contributed by atoms with van der Waals surface area (Å²) < 4.78 is 1.23. The van der Waals surface area contributed by atoms with E-state index in [0.29, 0.717) is 12.1 Å². The number of rotatable bonds is 9. The molecule has 2 atom stereocenters. The van der Waals surface area contributed by atoms with Crippen LogP contribution in [-0.2, 0) is 0 Å². The van der Waals surface area contributed by atoms with Crippen LogP contribution in [0.5, 0.6) is 0 Å².